The number of piperidine rings is 1. The Morgan fingerprint density at radius 2 is 1.63 bits per heavy atom. The number of carbonyl (C=O) groups excluding carboxylic acids is 1. The average molecular weight is 426 g/mol. The molecule has 0 unspecified atom stereocenters. The lowest BCUT2D eigenvalue weighted by Gasteiger charge is -2.31. The Hall–Kier alpha value is -1.26. The summed E-state index contributed by atoms with van der Waals surface area (Å²) in [5, 5.41) is 4.97. The Morgan fingerprint density at radius 1 is 0.963 bits per heavy atom. The second-order valence-corrected chi connectivity index (χ2v) is 8.22. The number of carbonyl (C=O) groups is 1. The number of halogens is 3. The number of hydrogen-bond acceptors (Lipinski definition) is 2. The van der Waals surface area contributed by atoms with Gasteiger partial charge in [0, 0.05) is 24.0 Å². The Labute approximate surface area is 175 Å². The molecular formula is C21H23Cl3N2O. The standard InChI is InChI=1S/C21H23Cl3N2O/c22-18-4-1-15(2-5-18)7-10-25-21(27)17-8-11-26(12-9-17)14-16-3-6-19(23)20(24)13-16/h1-6,13,17H,7-12,14H2,(H,25,27). The minimum absolute atomic E-state index is 0.0975. The molecule has 0 radical (unpaired) electrons. The first-order chi connectivity index (χ1) is 13.0. The third-order valence-corrected chi connectivity index (χ3v) is 5.97. The molecule has 1 aliphatic rings. The van der Waals surface area contributed by atoms with Crippen molar-refractivity contribution >= 4 is 40.7 Å². The van der Waals surface area contributed by atoms with Crippen molar-refractivity contribution in [2.24, 2.45) is 5.92 Å². The van der Waals surface area contributed by atoms with E-state index in [1.54, 1.807) is 0 Å². The lowest BCUT2D eigenvalue weighted by atomic mass is 9.95. The van der Waals surface area contributed by atoms with E-state index in [4.69, 9.17) is 34.8 Å². The van der Waals surface area contributed by atoms with E-state index >= 15 is 0 Å². The molecule has 2 aromatic rings. The van der Waals surface area contributed by atoms with Gasteiger partial charge in [0.25, 0.3) is 0 Å². The second-order valence-electron chi connectivity index (χ2n) is 6.97. The molecule has 3 rings (SSSR count). The number of nitrogens with one attached hydrogen (secondary N) is 1. The van der Waals surface area contributed by atoms with Crippen molar-refractivity contribution in [2.75, 3.05) is 19.6 Å². The van der Waals surface area contributed by atoms with Crippen LogP contribution in [-0.2, 0) is 17.8 Å². The van der Waals surface area contributed by atoms with Gasteiger partial charge in [0.05, 0.1) is 10.0 Å². The van der Waals surface area contributed by atoms with Crippen LogP contribution in [0.4, 0.5) is 0 Å². The van der Waals surface area contributed by atoms with Crippen molar-refractivity contribution in [3.63, 3.8) is 0 Å². The van der Waals surface area contributed by atoms with Gasteiger partial charge in [-0.3, -0.25) is 9.69 Å². The lowest BCUT2D eigenvalue weighted by molar-refractivity contribution is -0.126. The molecule has 1 fully saturated rings. The van der Waals surface area contributed by atoms with Crippen molar-refractivity contribution in [2.45, 2.75) is 25.8 Å². The summed E-state index contributed by atoms with van der Waals surface area (Å²) in [6.45, 7) is 3.32. The summed E-state index contributed by atoms with van der Waals surface area (Å²) in [5.74, 6) is 0.262. The number of benzene rings is 2. The van der Waals surface area contributed by atoms with E-state index in [-0.39, 0.29) is 11.8 Å². The van der Waals surface area contributed by atoms with Crippen molar-refractivity contribution in [1.82, 2.24) is 10.2 Å². The van der Waals surface area contributed by atoms with Crippen LogP contribution in [0.5, 0.6) is 0 Å². The van der Waals surface area contributed by atoms with E-state index in [1.165, 1.54) is 5.56 Å². The summed E-state index contributed by atoms with van der Waals surface area (Å²) < 4.78 is 0. The van der Waals surface area contributed by atoms with Crippen LogP contribution in [0.3, 0.4) is 0 Å². The second kappa shape index (κ2) is 9.79. The summed E-state index contributed by atoms with van der Waals surface area (Å²) >= 11 is 17.9. The molecule has 27 heavy (non-hydrogen) atoms. The van der Waals surface area contributed by atoms with Gasteiger partial charge in [-0.05, 0) is 67.7 Å². The molecule has 1 amide bonds. The Bertz CT molecular complexity index is 771. The first kappa shape index (κ1) is 20.5. The zero-order valence-electron chi connectivity index (χ0n) is 15.1. The minimum Gasteiger partial charge on any atom is -0.356 e. The zero-order valence-corrected chi connectivity index (χ0v) is 17.3. The molecule has 1 N–H and O–H groups in total. The maximum atomic E-state index is 12.4. The van der Waals surface area contributed by atoms with Crippen LogP contribution in [0.15, 0.2) is 42.5 Å². The van der Waals surface area contributed by atoms with E-state index in [9.17, 15) is 4.79 Å². The SMILES string of the molecule is O=C(NCCc1ccc(Cl)cc1)C1CCN(Cc2ccc(Cl)c(Cl)c2)CC1. The molecule has 0 aromatic heterocycles. The summed E-state index contributed by atoms with van der Waals surface area (Å²) in [6.07, 6.45) is 2.58. The van der Waals surface area contributed by atoms with Crippen LogP contribution in [0, 0.1) is 5.92 Å². The fraction of sp³-hybridized carbons (Fsp3) is 0.381. The van der Waals surface area contributed by atoms with Crippen LogP contribution in [-0.4, -0.2) is 30.4 Å². The molecule has 144 valence electrons. The highest BCUT2D eigenvalue weighted by Crippen LogP contribution is 2.25. The van der Waals surface area contributed by atoms with Gasteiger partial charge in [0.2, 0.25) is 5.91 Å². The fourth-order valence-corrected chi connectivity index (χ4v) is 3.82. The molecule has 1 aliphatic heterocycles. The lowest BCUT2D eigenvalue weighted by Crippen LogP contribution is -2.40. The predicted octanol–water partition coefficient (Wildman–Crippen LogP) is 5.22. The molecule has 0 atom stereocenters. The summed E-state index contributed by atoms with van der Waals surface area (Å²) in [5.41, 5.74) is 2.33. The van der Waals surface area contributed by atoms with E-state index in [0.717, 1.165) is 49.5 Å². The first-order valence-electron chi connectivity index (χ1n) is 9.19. The molecule has 1 saturated heterocycles. The highest BCUT2D eigenvalue weighted by Gasteiger charge is 2.24. The fourth-order valence-electron chi connectivity index (χ4n) is 3.37. The van der Waals surface area contributed by atoms with Crippen molar-refractivity contribution in [3.8, 4) is 0 Å². The Balaban J connectivity index is 1.39. The van der Waals surface area contributed by atoms with Crippen LogP contribution >= 0.6 is 34.8 Å². The van der Waals surface area contributed by atoms with Crippen molar-refractivity contribution in [3.05, 3.63) is 68.7 Å². The third-order valence-electron chi connectivity index (χ3n) is 4.97. The van der Waals surface area contributed by atoms with Crippen molar-refractivity contribution in [1.29, 1.82) is 0 Å². The van der Waals surface area contributed by atoms with Crippen LogP contribution in [0.2, 0.25) is 15.1 Å². The molecular weight excluding hydrogens is 403 g/mol. The van der Waals surface area contributed by atoms with Crippen LogP contribution in [0.1, 0.15) is 24.0 Å². The van der Waals surface area contributed by atoms with Gasteiger partial charge in [0.15, 0.2) is 0 Å². The zero-order chi connectivity index (χ0) is 19.2. The highest BCUT2D eigenvalue weighted by atomic mass is 35.5. The third kappa shape index (κ3) is 6.11. The number of nitrogens with zero attached hydrogens (tertiary/aromatic N) is 1. The van der Waals surface area contributed by atoms with E-state index in [1.807, 2.05) is 42.5 Å². The van der Waals surface area contributed by atoms with E-state index in [0.29, 0.717) is 16.6 Å². The highest BCUT2D eigenvalue weighted by molar-refractivity contribution is 6.42. The maximum absolute atomic E-state index is 12.4. The van der Waals surface area contributed by atoms with Gasteiger partial charge < -0.3 is 5.32 Å². The number of likely N-dealkylation sites (tertiary alicyclic amines) is 1. The van der Waals surface area contributed by atoms with E-state index in [2.05, 4.69) is 10.2 Å². The Morgan fingerprint density at radius 3 is 2.30 bits per heavy atom. The first-order valence-corrected chi connectivity index (χ1v) is 10.3. The topological polar surface area (TPSA) is 32.3 Å². The molecule has 0 aliphatic carbocycles. The van der Waals surface area contributed by atoms with Gasteiger partial charge in [0.1, 0.15) is 0 Å². The summed E-state index contributed by atoms with van der Waals surface area (Å²) in [4.78, 5) is 14.8. The van der Waals surface area contributed by atoms with Gasteiger partial charge in [-0.25, -0.2) is 0 Å². The molecule has 6 heteroatoms. The van der Waals surface area contributed by atoms with Crippen molar-refractivity contribution < 1.29 is 4.79 Å². The minimum atomic E-state index is 0.0975. The van der Waals surface area contributed by atoms with E-state index < -0.39 is 0 Å². The predicted molar refractivity (Wildman–Crippen MR) is 113 cm³/mol. The van der Waals surface area contributed by atoms with Gasteiger partial charge in [-0.2, -0.15) is 0 Å². The number of hydrogen-bond donors (Lipinski definition) is 1. The Kier molecular flexibility index (Phi) is 7.42. The van der Waals surface area contributed by atoms with Crippen LogP contribution in [0.25, 0.3) is 0 Å². The molecule has 3 nitrogen and oxygen atoms in total. The molecule has 1 heterocycles. The quantitative estimate of drug-likeness (QED) is 0.688. The normalized spacial score (nSPS) is 15.7. The maximum Gasteiger partial charge on any atom is 0.223 e. The van der Waals surface area contributed by atoms with Crippen LogP contribution < -0.4 is 5.32 Å². The smallest absolute Gasteiger partial charge is 0.223 e. The summed E-state index contributed by atoms with van der Waals surface area (Å²) in [7, 11) is 0. The monoisotopic (exact) mass is 424 g/mol. The van der Waals surface area contributed by atoms with Gasteiger partial charge >= 0.3 is 0 Å². The molecule has 0 spiro atoms. The molecule has 2 aromatic carbocycles. The molecule has 0 saturated carbocycles. The van der Waals surface area contributed by atoms with Gasteiger partial charge in [-0.1, -0.05) is 53.0 Å². The number of rotatable bonds is 6. The largest absolute Gasteiger partial charge is 0.356 e. The number of amides is 1. The van der Waals surface area contributed by atoms with Gasteiger partial charge in [-0.15, -0.1) is 0 Å². The average Bonchev–Trinajstić information content (AvgIpc) is 2.67. The molecule has 0 bridgehead atoms. The summed E-state index contributed by atoms with van der Waals surface area (Å²) in [6, 6.07) is 13.5.